The Hall–Kier alpha value is -2.34. The normalized spacial score (nSPS) is 10.9. The summed E-state index contributed by atoms with van der Waals surface area (Å²) in [6.45, 7) is 2.04. The van der Waals surface area contributed by atoms with Crippen molar-refractivity contribution in [2.45, 2.75) is 13.3 Å². The van der Waals surface area contributed by atoms with Gasteiger partial charge in [-0.15, -0.1) is 0 Å². The van der Waals surface area contributed by atoms with Crippen molar-refractivity contribution in [3.8, 4) is 5.75 Å². The third-order valence-corrected chi connectivity index (χ3v) is 3.12. The van der Waals surface area contributed by atoms with Crippen LogP contribution in [0.1, 0.15) is 13.3 Å². The van der Waals surface area contributed by atoms with Crippen molar-refractivity contribution in [3.05, 3.63) is 35.5 Å². The zero-order valence-electron chi connectivity index (χ0n) is 12.7. The molecular weight excluding hydrogens is 320 g/mol. The van der Waals surface area contributed by atoms with Crippen LogP contribution in [0.2, 0.25) is 5.02 Å². The first-order valence-electron chi connectivity index (χ1n) is 7.17. The van der Waals surface area contributed by atoms with Gasteiger partial charge in [-0.3, -0.25) is 4.98 Å². The lowest BCUT2D eigenvalue weighted by Gasteiger charge is -2.09. The molecule has 0 bridgehead atoms. The lowest BCUT2D eigenvalue weighted by Crippen LogP contribution is -2.17. The van der Waals surface area contributed by atoms with Crippen LogP contribution in [0, 0.1) is 0 Å². The van der Waals surface area contributed by atoms with Gasteiger partial charge in [-0.25, -0.2) is 4.79 Å². The van der Waals surface area contributed by atoms with E-state index in [-0.39, 0.29) is 19.8 Å². The molecule has 2 rings (SSSR count). The highest BCUT2D eigenvalue weighted by atomic mass is 35.5. The van der Waals surface area contributed by atoms with E-state index in [4.69, 9.17) is 25.9 Å². The molecule has 0 aliphatic rings. The maximum absolute atomic E-state index is 11.6. The molecule has 6 nitrogen and oxygen atoms in total. The Morgan fingerprint density at radius 2 is 2.22 bits per heavy atom. The van der Waals surface area contributed by atoms with Crippen molar-refractivity contribution in [1.29, 1.82) is 0 Å². The minimum atomic E-state index is -0.493. The van der Waals surface area contributed by atoms with Gasteiger partial charge in [0, 0.05) is 17.8 Å². The fourth-order valence-electron chi connectivity index (χ4n) is 1.78. The molecule has 0 spiro atoms. The zero-order chi connectivity index (χ0) is 16.5. The number of nitrogens with zero attached hydrogens (tertiary/aromatic N) is 2. The average Bonchev–Trinajstić information content (AvgIpc) is 2.58. The molecule has 7 heteroatoms. The zero-order valence-corrected chi connectivity index (χ0v) is 13.5. The number of halogens is 1. The smallest absolute Gasteiger partial charge is 0.344 e. The van der Waals surface area contributed by atoms with Crippen LogP contribution in [0.25, 0.3) is 10.9 Å². The molecular formula is C16H17ClN2O4. The van der Waals surface area contributed by atoms with Crippen LogP contribution in [0.3, 0.4) is 0 Å². The Kier molecular flexibility index (Phi) is 6.62. The predicted octanol–water partition coefficient (Wildman–Crippen LogP) is 3.22. The second-order valence-corrected chi connectivity index (χ2v) is 4.89. The number of hydrogen-bond acceptors (Lipinski definition) is 6. The Balaban J connectivity index is 1.83. The van der Waals surface area contributed by atoms with Crippen LogP contribution in [0.15, 0.2) is 35.6 Å². The molecule has 2 aromatic rings. The summed E-state index contributed by atoms with van der Waals surface area (Å²) in [7, 11) is 0. The minimum Gasteiger partial charge on any atom is -0.480 e. The van der Waals surface area contributed by atoms with Gasteiger partial charge >= 0.3 is 5.97 Å². The lowest BCUT2D eigenvalue weighted by atomic mass is 10.2. The van der Waals surface area contributed by atoms with E-state index in [0.717, 1.165) is 11.8 Å². The van der Waals surface area contributed by atoms with E-state index in [0.29, 0.717) is 16.3 Å². The molecule has 0 fully saturated rings. The first-order chi connectivity index (χ1) is 11.2. The fourth-order valence-corrected chi connectivity index (χ4v) is 1.99. The van der Waals surface area contributed by atoms with Crippen LogP contribution < -0.4 is 4.74 Å². The van der Waals surface area contributed by atoms with Gasteiger partial charge < -0.3 is 14.3 Å². The van der Waals surface area contributed by atoms with Crippen molar-refractivity contribution in [1.82, 2.24) is 4.98 Å². The van der Waals surface area contributed by atoms with E-state index in [2.05, 4.69) is 10.1 Å². The standard InChI is InChI=1S/C16H17ClN2O4/c1-2-7-19-23-10-9-21-15(20)11-22-14-6-5-13(17)12-4-3-8-18-16(12)14/h3-8H,2,9-11H2,1H3. The Morgan fingerprint density at radius 1 is 1.35 bits per heavy atom. The molecule has 1 aromatic heterocycles. The number of pyridine rings is 1. The van der Waals surface area contributed by atoms with E-state index in [1.165, 1.54) is 0 Å². The molecule has 1 aromatic carbocycles. The molecule has 0 aliphatic heterocycles. The number of ether oxygens (including phenoxy) is 2. The van der Waals surface area contributed by atoms with Gasteiger partial charge in [-0.2, -0.15) is 0 Å². The summed E-state index contributed by atoms with van der Waals surface area (Å²) >= 11 is 6.10. The van der Waals surface area contributed by atoms with Crippen LogP contribution in [0.5, 0.6) is 5.75 Å². The van der Waals surface area contributed by atoms with Crippen molar-refractivity contribution >= 4 is 34.7 Å². The topological polar surface area (TPSA) is 70.0 Å². The molecule has 1 heterocycles. The number of carbonyl (C=O) groups is 1. The monoisotopic (exact) mass is 336 g/mol. The van der Waals surface area contributed by atoms with Crippen LogP contribution in [-0.4, -0.2) is 37.0 Å². The number of fused-ring (bicyclic) bond motifs is 1. The molecule has 0 unspecified atom stereocenters. The molecule has 0 amide bonds. The number of benzene rings is 1. The SMILES string of the molecule is CCC=NOCCOC(=O)COc1ccc(Cl)c2cccnc12. The van der Waals surface area contributed by atoms with Crippen LogP contribution >= 0.6 is 11.6 Å². The van der Waals surface area contributed by atoms with Crippen LogP contribution in [-0.2, 0) is 14.4 Å². The number of esters is 1. The van der Waals surface area contributed by atoms with Crippen molar-refractivity contribution in [2.24, 2.45) is 5.16 Å². The number of carbonyl (C=O) groups excluding carboxylic acids is 1. The summed E-state index contributed by atoms with van der Waals surface area (Å²) in [5, 5.41) is 5.00. The Labute approximate surface area is 139 Å². The largest absolute Gasteiger partial charge is 0.480 e. The molecule has 0 N–H and O–H groups in total. The van der Waals surface area contributed by atoms with Crippen LogP contribution in [0.4, 0.5) is 0 Å². The Bertz CT molecular complexity index is 691. The van der Waals surface area contributed by atoms with Gasteiger partial charge in [0.15, 0.2) is 13.2 Å². The molecule has 0 atom stereocenters. The predicted molar refractivity (Wildman–Crippen MR) is 87.9 cm³/mol. The maximum Gasteiger partial charge on any atom is 0.344 e. The summed E-state index contributed by atoms with van der Waals surface area (Å²) in [6, 6.07) is 7.00. The second-order valence-electron chi connectivity index (χ2n) is 4.48. The highest BCUT2D eigenvalue weighted by Crippen LogP contribution is 2.29. The molecule has 0 saturated carbocycles. The molecule has 0 radical (unpaired) electrons. The van der Waals surface area contributed by atoms with Gasteiger partial charge in [0.1, 0.15) is 17.9 Å². The first kappa shape index (κ1) is 17.0. The third-order valence-electron chi connectivity index (χ3n) is 2.79. The number of oxime groups is 1. The number of rotatable bonds is 8. The molecule has 122 valence electrons. The average molecular weight is 337 g/mol. The second kappa shape index (κ2) is 8.95. The van der Waals surface area contributed by atoms with Gasteiger partial charge in [-0.05, 0) is 30.7 Å². The van der Waals surface area contributed by atoms with Crippen molar-refractivity contribution in [3.63, 3.8) is 0 Å². The van der Waals surface area contributed by atoms with Gasteiger partial charge in [0.2, 0.25) is 0 Å². The Morgan fingerprint density at radius 3 is 3.04 bits per heavy atom. The first-order valence-corrected chi connectivity index (χ1v) is 7.55. The quantitative estimate of drug-likeness (QED) is 0.320. The van der Waals surface area contributed by atoms with E-state index < -0.39 is 5.97 Å². The molecule has 23 heavy (non-hydrogen) atoms. The summed E-state index contributed by atoms with van der Waals surface area (Å²) in [5.74, 6) is -0.0159. The van der Waals surface area contributed by atoms with Crippen molar-refractivity contribution in [2.75, 3.05) is 19.8 Å². The molecule has 0 saturated heterocycles. The van der Waals surface area contributed by atoms with E-state index in [1.54, 1.807) is 30.6 Å². The van der Waals surface area contributed by atoms with Crippen molar-refractivity contribution < 1.29 is 19.1 Å². The fraction of sp³-hybridized carbons (Fsp3) is 0.312. The van der Waals surface area contributed by atoms with Gasteiger partial charge in [0.25, 0.3) is 0 Å². The highest BCUT2D eigenvalue weighted by molar-refractivity contribution is 6.35. The van der Waals surface area contributed by atoms with Gasteiger partial charge in [0.05, 0.1) is 5.02 Å². The maximum atomic E-state index is 11.6. The number of aromatic nitrogens is 1. The highest BCUT2D eigenvalue weighted by Gasteiger charge is 2.09. The third kappa shape index (κ3) is 5.10. The van der Waals surface area contributed by atoms with Gasteiger partial charge in [-0.1, -0.05) is 23.7 Å². The summed E-state index contributed by atoms with van der Waals surface area (Å²) in [5.41, 5.74) is 0.602. The molecule has 0 aliphatic carbocycles. The summed E-state index contributed by atoms with van der Waals surface area (Å²) in [4.78, 5) is 20.7. The lowest BCUT2D eigenvalue weighted by molar-refractivity contribution is -0.147. The van der Waals surface area contributed by atoms with E-state index in [1.807, 2.05) is 13.0 Å². The van der Waals surface area contributed by atoms with E-state index in [9.17, 15) is 4.79 Å². The summed E-state index contributed by atoms with van der Waals surface area (Å²) in [6.07, 6.45) is 4.05. The minimum absolute atomic E-state index is 0.114. The van der Waals surface area contributed by atoms with E-state index >= 15 is 0 Å². The number of hydrogen-bond donors (Lipinski definition) is 0. The summed E-state index contributed by atoms with van der Waals surface area (Å²) < 4.78 is 10.4.